The molecule has 2 heterocycles. The van der Waals surface area contributed by atoms with Crippen molar-refractivity contribution >= 4 is 64.4 Å². The van der Waals surface area contributed by atoms with E-state index in [1.165, 1.54) is 69.6 Å². The third-order valence-corrected chi connectivity index (χ3v) is 15.9. The van der Waals surface area contributed by atoms with Crippen molar-refractivity contribution < 1.29 is 26.4 Å². The summed E-state index contributed by atoms with van der Waals surface area (Å²) in [6, 6.07) is 9.75. The van der Waals surface area contributed by atoms with E-state index in [0.717, 1.165) is 41.1 Å². The Balaban J connectivity index is 0.000000261. The van der Waals surface area contributed by atoms with Crippen LogP contribution in [-0.4, -0.2) is 59.6 Å². The van der Waals surface area contributed by atoms with Crippen molar-refractivity contribution in [3.63, 3.8) is 0 Å². The summed E-state index contributed by atoms with van der Waals surface area (Å²) in [6.07, 6.45) is 7.80. The highest BCUT2D eigenvalue weighted by molar-refractivity contribution is 7.93. The second kappa shape index (κ2) is 16.8. The second-order valence-electron chi connectivity index (χ2n) is 13.0. The second-order valence-corrected chi connectivity index (χ2v) is 20.2. The zero-order valence-corrected chi connectivity index (χ0v) is 32.4. The van der Waals surface area contributed by atoms with Crippen LogP contribution in [0.2, 0.25) is 0 Å². The number of carbonyl (C=O) groups is 2. The average molecular weight is 739 g/mol. The van der Waals surface area contributed by atoms with E-state index >= 15 is 0 Å². The van der Waals surface area contributed by atoms with Crippen LogP contribution in [0, 0.1) is 0 Å². The summed E-state index contributed by atoms with van der Waals surface area (Å²) in [4.78, 5) is 35.1. The molecule has 0 radical (unpaired) electrons. The number of benzene rings is 1. The van der Waals surface area contributed by atoms with Gasteiger partial charge in [-0.25, -0.2) is 26.8 Å². The first-order chi connectivity index (χ1) is 22.5. The Hall–Kier alpha value is -2.68. The third-order valence-electron chi connectivity index (χ3n) is 8.65. The first kappa shape index (κ1) is 39.8. The fourth-order valence-electron chi connectivity index (χ4n) is 5.22. The molecule has 10 nitrogen and oxygen atoms in total. The number of thiazole rings is 2. The van der Waals surface area contributed by atoms with Gasteiger partial charge < -0.3 is 10.6 Å². The molecule has 2 aromatic heterocycles. The van der Waals surface area contributed by atoms with Crippen molar-refractivity contribution in [1.29, 1.82) is 0 Å². The molecule has 1 aromatic carbocycles. The Kier molecular flexibility index (Phi) is 13.9. The topological polar surface area (TPSA) is 152 Å². The van der Waals surface area contributed by atoms with E-state index in [0.29, 0.717) is 29.0 Å². The lowest BCUT2D eigenvalue weighted by atomic mass is 9.87. The number of nitrogens with one attached hydrogen (secondary N) is 2. The molecule has 0 aliphatic heterocycles. The maximum atomic E-state index is 12.6. The molecule has 266 valence electrons. The summed E-state index contributed by atoms with van der Waals surface area (Å²) in [7, 11) is -7.00. The molecule has 2 N–H and O–H groups in total. The highest BCUT2D eigenvalue weighted by Crippen LogP contribution is 2.35. The highest BCUT2D eigenvalue weighted by Gasteiger charge is 2.42. The molecular weight excluding hydrogens is 689 g/mol. The highest BCUT2D eigenvalue weighted by atomic mass is 32.2. The molecule has 0 bridgehead atoms. The molecule has 0 atom stereocenters. The Morgan fingerprint density at radius 1 is 0.792 bits per heavy atom. The maximum absolute atomic E-state index is 12.6. The number of rotatable bonds is 13. The van der Waals surface area contributed by atoms with Crippen molar-refractivity contribution in [3.8, 4) is 11.3 Å². The van der Waals surface area contributed by atoms with Crippen LogP contribution < -0.4 is 10.6 Å². The molecule has 1 aliphatic carbocycles. The van der Waals surface area contributed by atoms with E-state index in [1.807, 2.05) is 42.6 Å². The van der Waals surface area contributed by atoms with Crippen LogP contribution in [-0.2, 0) is 35.7 Å². The molecule has 0 unspecified atom stereocenters. The number of carbonyl (C=O) groups excluding carboxylic acids is 2. The Morgan fingerprint density at radius 2 is 1.31 bits per heavy atom. The zero-order chi connectivity index (χ0) is 35.8. The molecule has 14 heteroatoms. The molecule has 0 saturated heterocycles. The molecular formula is C34H50N4O6S4. The summed E-state index contributed by atoms with van der Waals surface area (Å²) >= 11 is 2.76. The van der Waals surface area contributed by atoms with Gasteiger partial charge in [0.2, 0.25) is 11.8 Å². The maximum Gasteiger partial charge on any atom is 0.247 e. The summed E-state index contributed by atoms with van der Waals surface area (Å²) in [5.74, 6) is -0.575. The summed E-state index contributed by atoms with van der Waals surface area (Å²) < 4.78 is 46.3. The number of hydrogen-bond acceptors (Lipinski definition) is 10. The van der Waals surface area contributed by atoms with E-state index in [4.69, 9.17) is 0 Å². The first-order valence-electron chi connectivity index (χ1n) is 16.6. The van der Waals surface area contributed by atoms with Crippen molar-refractivity contribution in [3.05, 3.63) is 46.3 Å². The minimum atomic E-state index is -3.53. The largest absolute Gasteiger partial charge is 0.301 e. The lowest BCUT2D eigenvalue weighted by Gasteiger charge is -2.23. The van der Waals surface area contributed by atoms with Gasteiger partial charge >= 0.3 is 0 Å². The van der Waals surface area contributed by atoms with Crippen LogP contribution in [0.4, 0.5) is 10.3 Å². The normalized spacial score (nSPS) is 14.6. The van der Waals surface area contributed by atoms with Crippen LogP contribution in [0.25, 0.3) is 11.3 Å². The number of hydrogen-bond donors (Lipinski definition) is 2. The first-order valence-corrected chi connectivity index (χ1v) is 21.6. The summed E-state index contributed by atoms with van der Waals surface area (Å²) in [6.45, 7) is 11.4. The number of aromatic nitrogens is 2. The summed E-state index contributed by atoms with van der Waals surface area (Å²) in [5.41, 5.74) is 2.84. The molecule has 3 aromatic rings. The van der Waals surface area contributed by atoms with Crippen LogP contribution in [0.3, 0.4) is 0 Å². The fourth-order valence-corrected chi connectivity index (χ4v) is 9.69. The quantitative estimate of drug-likeness (QED) is 0.182. The smallest absolute Gasteiger partial charge is 0.247 e. The van der Waals surface area contributed by atoms with Crippen LogP contribution >= 0.6 is 22.7 Å². The lowest BCUT2D eigenvalue weighted by Crippen LogP contribution is -2.45. The van der Waals surface area contributed by atoms with Crippen molar-refractivity contribution in [1.82, 2.24) is 9.97 Å². The number of sulfone groups is 2. The van der Waals surface area contributed by atoms with Gasteiger partial charge in [0.15, 0.2) is 29.9 Å². The minimum Gasteiger partial charge on any atom is -0.301 e. The number of aryl methyl sites for hydroxylation is 1. The standard InChI is InChI=1S/C18H24N2O3S2.C16H26N2O3S2/c1-5-12-25(22,23)18(3,4)16(21)20-17-19-15(14(6-2)24-17)13-10-8-7-9-11-13;1-4-10-23(20,21)16(2,3)14(19)18-15-17-13(11-22-15)12-8-6-5-7-9-12/h7-11H,5-6,12H2,1-4H3,(H,19,20,21);11-12H,4-10H2,1-3H3,(H,17,18,19). The van der Waals surface area contributed by atoms with E-state index in [9.17, 15) is 26.4 Å². The van der Waals surface area contributed by atoms with E-state index in [1.54, 1.807) is 13.8 Å². The monoisotopic (exact) mass is 738 g/mol. The van der Waals surface area contributed by atoms with Gasteiger partial charge in [-0.15, -0.1) is 22.7 Å². The van der Waals surface area contributed by atoms with Crippen molar-refractivity contribution in [2.24, 2.45) is 0 Å². The number of nitrogens with zero attached hydrogens (tertiary/aromatic N) is 2. The van der Waals surface area contributed by atoms with Crippen molar-refractivity contribution in [2.45, 2.75) is 115 Å². The van der Waals surface area contributed by atoms with Gasteiger partial charge in [0, 0.05) is 21.7 Å². The van der Waals surface area contributed by atoms with Gasteiger partial charge in [-0.05, 0) is 59.8 Å². The molecule has 4 rings (SSSR count). The van der Waals surface area contributed by atoms with Gasteiger partial charge in [0.25, 0.3) is 0 Å². The van der Waals surface area contributed by atoms with E-state index in [-0.39, 0.29) is 11.5 Å². The molecule has 1 saturated carbocycles. The molecule has 1 fully saturated rings. The van der Waals surface area contributed by atoms with Gasteiger partial charge in [0.05, 0.1) is 22.9 Å². The van der Waals surface area contributed by atoms with Crippen LogP contribution in [0.5, 0.6) is 0 Å². The predicted octanol–water partition coefficient (Wildman–Crippen LogP) is 7.65. The predicted molar refractivity (Wildman–Crippen MR) is 198 cm³/mol. The van der Waals surface area contributed by atoms with Gasteiger partial charge in [-0.3, -0.25) is 9.59 Å². The van der Waals surface area contributed by atoms with E-state index < -0.39 is 41.0 Å². The molecule has 0 spiro atoms. The van der Waals surface area contributed by atoms with Gasteiger partial charge in [-0.2, -0.15) is 0 Å². The Labute approximate surface area is 294 Å². The number of amides is 2. The summed E-state index contributed by atoms with van der Waals surface area (Å²) in [5, 5.41) is 8.31. The minimum absolute atomic E-state index is 0.0125. The fraction of sp³-hybridized carbons (Fsp3) is 0.588. The van der Waals surface area contributed by atoms with Gasteiger partial charge in [0.1, 0.15) is 9.49 Å². The Morgan fingerprint density at radius 3 is 1.81 bits per heavy atom. The SMILES string of the molecule is CCCS(=O)(=O)C(C)(C)C(=O)Nc1nc(-c2ccccc2)c(CC)s1.CCCS(=O)(=O)C(C)(C)C(=O)Nc1nc(C2CCCCC2)cs1. The van der Waals surface area contributed by atoms with Crippen LogP contribution in [0.1, 0.15) is 110 Å². The third kappa shape index (κ3) is 9.51. The molecule has 1 aliphatic rings. The van der Waals surface area contributed by atoms with Crippen LogP contribution in [0.15, 0.2) is 35.7 Å². The average Bonchev–Trinajstić information content (AvgIpc) is 3.69. The Bertz CT molecular complexity index is 1740. The lowest BCUT2D eigenvalue weighted by molar-refractivity contribution is -0.118. The molecule has 48 heavy (non-hydrogen) atoms. The zero-order valence-electron chi connectivity index (χ0n) is 29.1. The van der Waals surface area contributed by atoms with Crippen molar-refractivity contribution in [2.75, 3.05) is 22.1 Å². The van der Waals surface area contributed by atoms with E-state index in [2.05, 4.69) is 20.6 Å². The van der Waals surface area contributed by atoms with Gasteiger partial charge in [-0.1, -0.05) is 70.4 Å². The number of anilines is 2. The molecule has 2 amide bonds.